The van der Waals surface area contributed by atoms with Gasteiger partial charge in [0.2, 0.25) is 5.91 Å². The molecule has 1 aromatic heterocycles. The van der Waals surface area contributed by atoms with Crippen LogP contribution in [0.15, 0.2) is 48.7 Å². The number of carbonyl (C=O) groups is 2. The molecule has 0 atom stereocenters. The predicted octanol–water partition coefficient (Wildman–Crippen LogP) is 3.02. The van der Waals surface area contributed by atoms with Crippen LogP contribution in [-0.4, -0.2) is 42.0 Å². The second kappa shape index (κ2) is 8.22. The van der Waals surface area contributed by atoms with Crippen molar-refractivity contribution in [2.24, 2.45) is 5.41 Å². The number of aliphatic carboxylic acids is 1. The van der Waals surface area contributed by atoms with Gasteiger partial charge in [-0.2, -0.15) is 8.42 Å². The lowest BCUT2D eigenvalue weighted by Crippen LogP contribution is -2.31. The number of carboxylic acids is 1. The molecule has 4 rings (SSSR count). The number of nitrogens with zero attached hydrogens (tertiary/aromatic N) is 1. The SMILES string of the molecule is COc1cc2c(Oc3ccc(NC(=O)C4(C(=O)O)CC4)cc3)ccnc2cc1OS(=O)(=O)O. The van der Waals surface area contributed by atoms with Crippen LogP contribution in [0.2, 0.25) is 0 Å². The smallest absolute Gasteiger partial charge is 0.446 e. The third kappa shape index (κ3) is 4.66. The van der Waals surface area contributed by atoms with Crippen molar-refractivity contribution in [2.45, 2.75) is 12.8 Å². The molecule has 0 radical (unpaired) electrons. The molecule has 0 aliphatic heterocycles. The highest BCUT2D eigenvalue weighted by molar-refractivity contribution is 7.81. The van der Waals surface area contributed by atoms with Gasteiger partial charge >= 0.3 is 16.4 Å². The highest BCUT2D eigenvalue weighted by atomic mass is 32.3. The molecule has 1 heterocycles. The van der Waals surface area contributed by atoms with E-state index >= 15 is 0 Å². The van der Waals surface area contributed by atoms with Crippen molar-refractivity contribution < 1.29 is 41.3 Å². The zero-order valence-corrected chi connectivity index (χ0v) is 18.0. The molecule has 2 aromatic carbocycles. The first-order valence-electron chi connectivity index (χ1n) is 9.58. The standard InChI is InChI=1S/C21H18N2O9S/c1-30-17-10-14-15(11-18(17)32-33(27,28)29)22-9-6-16(14)31-13-4-2-12(3-5-13)23-19(24)21(7-8-21)20(25)26/h2-6,9-11H,7-8H2,1H3,(H,23,24)(H,25,26)(H,27,28,29). The van der Waals surface area contributed by atoms with Crippen LogP contribution in [0.25, 0.3) is 10.9 Å². The number of rotatable bonds is 8. The molecule has 1 fully saturated rings. The lowest BCUT2D eigenvalue weighted by Gasteiger charge is -2.13. The maximum absolute atomic E-state index is 12.2. The zero-order valence-electron chi connectivity index (χ0n) is 17.1. The lowest BCUT2D eigenvalue weighted by atomic mass is 10.1. The Bertz CT molecular complexity index is 1350. The minimum atomic E-state index is -4.76. The number of carboxylic acid groups (broad SMARTS) is 1. The average Bonchev–Trinajstić information content (AvgIpc) is 3.56. The molecule has 1 aliphatic rings. The number of anilines is 1. The van der Waals surface area contributed by atoms with Crippen LogP contribution in [-0.2, 0) is 20.0 Å². The summed E-state index contributed by atoms with van der Waals surface area (Å²) in [5.74, 6) is -1.12. The monoisotopic (exact) mass is 474 g/mol. The van der Waals surface area contributed by atoms with Gasteiger partial charge in [0.15, 0.2) is 11.5 Å². The van der Waals surface area contributed by atoms with Crippen LogP contribution in [0.4, 0.5) is 5.69 Å². The molecule has 3 aromatic rings. The van der Waals surface area contributed by atoms with E-state index in [1.807, 2.05) is 0 Å². The molecule has 0 unspecified atom stereocenters. The molecule has 1 saturated carbocycles. The second-order valence-corrected chi connectivity index (χ2v) is 8.33. The lowest BCUT2D eigenvalue weighted by molar-refractivity contribution is -0.147. The summed E-state index contributed by atoms with van der Waals surface area (Å²) in [6.45, 7) is 0. The van der Waals surface area contributed by atoms with Gasteiger partial charge in [0.1, 0.15) is 16.9 Å². The first-order chi connectivity index (χ1) is 15.6. The fraction of sp³-hybridized carbons (Fsp3) is 0.190. The number of hydrogen-bond donors (Lipinski definition) is 3. The van der Waals surface area contributed by atoms with Crippen molar-refractivity contribution in [2.75, 3.05) is 12.4 Å². The van der Waals surface area contributed by atoms with Crippen molar-refractivity contribution in [3.05, 3.63) is 48.7 Å². The Hall–Kier alpha value is -3.90. The van der Waals surface area contributed by atoms with E-state index < -0.39 is 27.7 Å². The number of methoxy groups -OCH3 is 1. The average molecular weight is 474 g/mol. The van der Waals surface area contributed by atoms with E-state index in [-0.39, 0.29) is 11.5 Å². The Morgan fingerprint density at radius 2 is 1.76 bits per heavy atom. The second-order valence-electron chi connectivity index (χ2n) is 7.31. The molecular formula is C21H18N2O9S. The molecule has 0 saturated heterocycles. The van der Waals surface area contributed by atoms with Gasteiger partial charge < -0.3 is 24.1 Å². The summed E-state index contributed by atoms with van der Waals surface area (Å²) < 4.78 is 46.7. The molecule has 1 amide bonds. The number of carbonyl (C=O) groups excluding carboxylic acids is 1. The van der Waals surface area contributed by atoms with Crippen LogP contribution in [0.1, 0.15) is 12.8 Å². The van der Waals surface area contributed by atoms with Gasteiger partial charge in [-0.15, -0.1) is 0 Å². The van der Waals surface area contributed by atoms with Gasteiger partial charge in [-0.05, 0) is 49.2 Å². The number of nitrogens with one attached hydrogen (secondary N) is 1. The van der Waals surface area contributed by atoms with E-state index in [1.54, 1.807) is 30.3 Å². The van der Waals surface area contributed by atoms with Crippen LogP contribution < -0.4 is 19.0 Å². The molecule has 11 nitrogen and oxygen atoms in total. The van der Waals surface area contributed by atoms with Gasteiger partial charge in [0.05, 0.1) is 12.6 Å². The Morgan fingerprint density at radius 3 is 2.33 bits per heavy atom. The van der Waals surface area contributed by atoms with Crippen molar-refractivity contribution in [1.82, 2.24) is 4.98 Å². The molecule has 3 N–H and O–H groups in total. The summed E-state index contributed by atoms with van der Waals surface area (Å²) >= 11 is 0. The Kier molecular flexibility index (Phi) is 5.56. The van der Waals surface area contributed by atoms with Gasteiger partial charge in [-0.3, -0.25) is 19.1 Å². The normalized spacial score (nSPS) is 14.4. The highest BCUT2D eigenvalue weighted by Gasteiger charge is 2.57. The molecule has 0 spiro atoms. The number of hydrogen-bond acceptors (Lipinski definition) is 8. The fourth-order valence-corrected chi connectivity index (χ4v) is 3.56. The number of ether oxygens (including phenoxy) is 2. The van der Waals surface area contributed by atoms with E-state index in [1.165, 1.54) is 25.4 Å². The van der Waals surface area contributed by atoms with Gasteiger partial charge in [-0.1, -0.05) is 0 Å². The maximum atomic E-state index is 12.2. The molecule has 172 valence electrons. The Morgan fingerprint density at radius 1 is 1.06 bits per heavy atom. The number of aromatic nitrogens is 1. The van der Waals surface area contributed by atoms with E-state index in [0.29, 0.717) is 40.9 Å². The van der Waals surface area contributed by atoms with Gasteiger partial charge in [0, 0.05) is 23.3 Å². The predicted molar refractivity (Wildman–Crippen MR) is 115 cm³/mol. The van der Waals surface area contributed by atoms with Crippen LogP contribution in [0, 0.1) is 5.41 Å². The van der Waals surface area contributed by atoms with E-state index in [0.717, 1.165) is 0 Å². The van der Waals surface area contributed by atoms with E-state index in [4.69, 9.17) is 14.0 Å². The quantitative estimate of drug-likeness (QED) is 0.327. The number of pyridine rings is 1. The fourth-order valence-electron chi connectivity index (χ4n) is 3.20. The van der Waals surface area contributed by atoms with Gasteiger partial charge in [0.25, 0.3) is 0 Å². The molecule has 1 aliphatic carbocycles. The van der Waals surface area contributed by atoms with Gasteiger partial charge in [-0.25, -0.2) is 0 Å². The maximum Gasteiger partial charge on any atom is 0.446 e. The molecule has 12 heteroatoms. The summed E-state index contributed by atoms with van der Waals surface area (Å²) in [7, 11) is -3.46. The number of amides is 1. The Balaban J connectivity index is 1.56. The molecular weight excluding hydrogens is 456 g/mol. The summed E-state index contributed by atoms with van der Waals surface area (Å²) in [5, 5.41) is 12.3. The van der Waals surface area contributed by atoms with Crippen LogP contribution >= 0.6 is 0 Å². The third-order valence-electron chi connectivity index (χ3n) is 5.12. The largest absolute Gasteiger partial charge is 0.493 e. The molecule has 33 heavy (non-hydrogen) atoms. The minimum absolute atomic E-state index is 0.0310. The number of benzene rings is 2. The van der Waals surface area contributed by atoms with Crippen molar-refractivity contribution >= 4 is 38.9 Å². The van der Waals surface area contributed by atoms with E-state index in [2.05, 4.69) is 14.5 Å². The Labute approximate surface area is 187 Å². The van der Waals surface area contributed by atoms with Crippen LogP contribution in [0.5, 0.6) is 23.0 Å². The van der Waals surface area contributed by atoms with Crippen molar-refractivity contribution in [1.29, 1.82) is 0 Å². The topological polar surface area (TPSA) is 161 Å². The zero-order chi connectivity index (χ0) is 23.8. The van der Waals surface area contributed by atoms with Crippen molar-refractivity contribution in [3.8, 4) is 23.0 Å². The minimum Gasteiger partial charge on any atom is -0.493 e. The van der Waals surface area contributed by atoms with Crippen LogP contribution in [0.3, 0.4) is 0 Å². The summed E-state index contributed by atoms with van der Waals surface area (Å²) in [5.41, 5.74) is -0.602. The summed E-state index contributed by atoms with van der Waals surface area (Å²) in [6.07, 6.45) is 2.06. The molecule has 0 bridgehead atoms. The number of fused-ring (bicyclic) bond motifs is 1. The first kappa shape index (κ1) is 22.3. The summed E-state index contributed by atoms with van der Waals surface area (Å²) in [6, 6.07) is 10.7. The summed E-state index contributed by atoms with van der Waals surface area (Å²) in [4.78, 5) is 27.7. The first-order valence-corrected chi connectivity index (χ1v) is 10.9. The van der Waals surface area contributed by atoms with E-state index in [9.17, 15) is 23.1 Å². The highest BCUT2D eigenvalue weighted by Crippen LogP contribution is 2.46. The third-order valence-corrected chi connectivity index (χ3v) is 5.51. The van der Waals surface area contributed by atoms with Crippen molar-refractivity contribution in [3.63, 3.8) is 0 Å².